The fourth-order valence-electron chi connectivity index (χ4n) is 3.20. The Bertz CT molecular complexity index is 1070. The summed E-state index contributed by atoms with van der Waals surface area (Å²) in [4.78, 5) is 26.5. The number of imide groups is 1. The second-order valence-corrected chi connectivity index (χ2v) is 7.03. The van der Waals surface area contributed by atoms with Gasteiger partial charge < -0.3 is 9.84 Å². The first kappa shape index (κ1) is 18.2. The third-order valence-corrected chi connectivity index (χ3v) is 4.99. The second-order valence-electron chi connectivity index (χ2n) is 6.62. The van der Waals surface area contributed by atoms with Gasteiger partial charge in [0, 0.05) is 22.2 Å². The first-order valence-electron chi connectivity index (χ1n) is 8.49. The highest BCUT2D eigenvalue weighted by molar-refractivity contribution is 6.32. The Morgan fingerprint density at radius 3 is 2.64 bits per heavy atom. The number of hydrogen-bond donors (Lipinski definition) is 1. The molecule has 1 fully saturated rings. The van der Waals surface area contributed by atoms with Gasteiger partial charge in [-0.25, -0.2) is 9.18 Å². The molecule has 3 aromatic rings. The van der Waals surface area contributed by atoms with E-state index >= 15 is 0 Å². The molecule has 4 rings (SSSR count). The maximum absolute atomic E-state index is 13.4. The van der Waals surface area contributed by atoms with Crippen molar-refractivity contribution in [1.82, 2.24) is 15.4 Å². The highest BCUT2D eigenvalue weighted by Crippen LogP contribution is 2.34. The Balaban J connectivity index is 1.59. The topological polar surface area (TPSA) is 75.4 Å². The Hall–Kier alpha value is -3.19. The van der Waals surface area contributed by atoms with Gasteiger partial charge in [-0.05, 0) is 19.1 Å². The van der Waals surface area contributed by atoms with Gasteiger partial charge in [0.1, 0.15) is 17.1 Å². The van der Waals surface area contributed by atoms with E-state index in [-0.39, 0.29) is 11.6 Å². The van der Waals surface area contributed by atoms with E-state index in [2.05, 4.69) is 10.5 Å². The molecule has 0 spiro atoms. The molecular formula is C20H15ClFN3O3. The monoisotopic (exact) mass is 399 g/mol. The number of carbonyl (C=O) groups excluding carboxylic acids is 2. The van der Waals surface area contributed by atoms with Crippen molar-refractivity contribution in [2.24, 2.45) is 0 Å². The Labute approximate surface area is 164 Å². The molecule has 1 unspecified atom stereocenters. The van der Waals surface area contributed by atoms with E-state index in [1.165, 1.54) is 19.1 Å². The van der Waals surface area contributed by atoms with Gasteiger partial charge in [0.2, 0.25) is 0 Å². The molecule has 2 aromatic carbocycles. The summed E-state index contributed by atoms with van der Waals surface area (Å²) in [6.45, 7) is 1.47. The standard InChI is InChI=1S/C20H15ClFN3O3/c1-20(15-8-7-13(22)9-16(15)21)18(26)25(19(27)23-20)11-14-10-17(28-24-14)12-5-3-2-4-6-12/h2-10H,11H2,1H3,(H,23,27). The first-order chi connectivity index (χ1) is 13.4. The number of hydrogen-bond acceptors (Lipinski definition) is 4. The van der Waals surface area contributed by atoms with E-state index in [9.17, 15) is 14.0 Å². The molecule has 142 valence electrons. The molecule has 3 amide bonds. The molecule has 0 saturated carbocycles. The molecule has 2 heterocycles. The van der Waals surface area contributed by atoms with Crippen molar-refractivity contribution in [2.45, 2.75) is 19.0 Å². The third-order valence-electron chi connectivity index (χ3n) is 4.68. The van der Waals surface area contributed by atoms with Gasteiger partial charge >= 0.3 is 6.03 Å². The summed E-state index contributed by atoms with van der Waals surface area (Å²) >= 11 is 6.10. The molecule has 1 N–H and O–H groups in total. The Morgan fingerprint density at radius 2 is 1.93 bits per heavy atom. The minimum Gasteiger partial charge on any atom is -0.356 e. The lowest BCUT2D eigenvalue weighted by atomic mass is 9.92. The molecule has 1 aromatic heterocycles. The first-order valence-corrected chi connectivity index (χ1v) is 8.87. The van der Waals surface area contributed by atoms with Gasteiger partial charge in [-0.1, -0.05) is 53.2 Å². The lowest BCUT2D eigenvalue weighted by Crippen LogP contribution is -2.41. The number of carbonyl (C=O) groups is 2. The quantitative estimate of drug-likeness (QED) is 0.670. The summed E-state index contributed by atoms with van der Waals surface area (Å²) < 4.78 is 18.7. The fraction of sp³-hybridized carbons (Fsp3) is 0.150. The molecule has 8 heteroatoms. The van der Waals surface area contributed by atoms with Crippen LogP contribution in [0, 0.1) is 5.82 Å². The average Bonchev–Trinajstić information content (AvgIpc) is 3.22. The predicted octanol–water partition coefficient (Wildman–Crippen LogP) is 4.10. The minimum atomic E-state index is -1.39. The molecule has 6 nitrogen and oxygen atoms in total. The van der Waals surface area contributed by atoms with Crippen LogP contribution in [-0.2, 0) is 16.9 Å². The van der Waals surface area contributed by atoms with Gasteiger partial charge in [-0.3, -0.25) is 9.69 Å². The summed E-state index contributed by atoms with van der Waals surface area (Å²) in [6.07, 6.45) is 0. The highest BCUT2D eigenvalue weighted by Gasteiger charge is 2.50. The molecule has 0 radical (unpaired) electrons. The number of benzene rings is 2. The van der Waals surface area contributed by atoms with Crippen LogP contribution in [0.4, 0.5) is 9.18 Å². The largest absolute Gasteiger partial charge is 0.356 e. The number of amides is 3. The van der Waals surface area contributed by atoms with E-state index in [1.807, 2.05) is 30.3 Å². The van der Waals surface area contributed by atoms with Gasteiger partial charge in [-0.2, -0.15) is 0 Å². The van der Waals surface area contributed by atoms with Gasteiger partial charge in [0.05, 0.1) is 6.54 Å². The van der Waals surface area contributed by atoms with Crippen molar-refractivity contribution in [2.75, 3.05) is 0 Å². The van der Waals surface area contributed by atoms with Crippen LogP contribution in [0.1, 0.15) is 18.2 Å². The summed E-state index contributed by atoms with van der Waals surface area (Å²) in [5.74, 6) is -0.496. The van der Waals surface area contributed by atoms with E-state index < -0.39 is 23.3 Å². The van der Waals surface area contributed by atoms with Crippen molar-refractivity contribution in [1.29, 1.82) is 0 Å². The van der Waals surface area contributed by atoms with E-state index in [4.69, 9.17) is 16.1 Å². The van der Waals surface area contributed by atoms with Crippen molar-refractivity contribution < 1.29 is 18.5 Å². The summed E-state index contributed by atoms with van der Waals surface area (Å²) in [7, 11) is 0. The number of nitrogens with zero attached hydrogens (tertiary/aromatic N) is 2. The number of nitrogens with one attached hydrogen (secondary N) is 1. The molecule has 0 bridgehead atoms. The molecule has 1 saturated heterocycles. The molecule has 1 aliphatic heterocycles. The lowest BCUT2D eigenvalue weighted by molar-refractivity contribution is -0.131. The zero-order chi connectivity index (χ0) is 19.9. The number of rotatable bonds is 4. The summed E-state index contributed by atoms with van der Waals surface area (Å²) in [5, 5.41) is 6.65. The van der Waals surface area contributed by atoms with Crippen LogP contribution in [-0.4, -0.2) is 22.0 Å². The molecule has 0 aliphatic carbocycles. The van der Waals surface area contributed by atoms with Crippen LogP contribution in [0.2, 0.25) is 5.02 Å². The number of aromatic nitrogens is 1. The van der Waals surface area contributed by atoms with Crippen LogP contribution in [0.15, 0.2) is 59.1 Å². The second kappa shape index (κ2) is 6.76. The molecular weight excluding hydrogens is 385 g/mol. The smallest absolute Gasteiger partial charge is 0.325 e. The van der Waals surface area contributed by atoms with Gasteiger partial charge in [-0.15, -0.1) is 0 Å². The van der Waals surface area contributed by atoms with Crippen molar-refractivity contribution >= 4 is 23.5 Å². The Morgan fingerprint density at radius 1 is 1.18 bits per heavy atom. The van der Waals surface area contributed by atoms with Crippen molar-refractivity contribution in [3.8, 4) is 11.3 Å². The van der Waals surface area contributed by atoms with E-state index in [0.29, 0.717) is 17.0 Å². The van der Waals surface area contributed by atoms with Crippen molar-refractivity contribution in [3.05, 3.63) is 76.7 Å². The fourth-order valence-corrected chi connectivity index (χ4v) is 3.56. The lowest BCUT2D eigenvalue weighted by Gasteiger charge is -2.23. The highest BCUT2D eigenvalue weighted by atomic mass is 35.5. The van der Waals surface area contributed by atoms with Gasteiger partial charge in [0.15, 0.2) is 5.76 Å². The molecule has 1 atom stereocenters. The van der Waals surface area contributed by atoms with E-state index in [1.54, 1.807) is 6.07 Å². The normalized spacial score (nSPS) is 19.2. The average molecular weight is 400 g/mol. The maximum Gasteiger partial charge on any atom is 0.325 e. The Kier molecular flexibility index (Phi) is 4.39. The van der Waals surface area contributed by atoms with Crippen LogP contribution in [0.25, 0.3) is 11.3 Å². The number of halogens is 2. The summed E-state index contributed by atoms with van der Waals surface area (Å²) in [5.41, 5.74) is 0.188. The SMILES string of the molecule is CC1(c2ccc(F)cc2Cl)NC(=O)N(Cc2cc(-c3ccccc3)on2)C1=O. The third kappa shape index (κ3) is 3.03. The van der Waals surface area contributed by atoms with Crippen LogP contribution in [0.5, 0.6) is 0 Å². The predicted molar refractivity (Wildman–Crippen MR) is 99.8 cm³/mol. The van der Waals surface area contributed by atoms with E-state index in [0.717, 1.165) is 16.5 Å². The molecule has 1 aliphatic rings. The maximum atomic E-state index is 13.4. The minimum absolute atomic E-state index is 0.0601. The van der Waals surface area contributed by atoms with Gasteiger partial charge in [0.25, 0.3) is 5.91 Å². The van der Waals surface area contributed by atoms with Crippen LogP contribution >= 0.6 is 11.6 Å². The van der Waals surface area contributed by atoms with Crippen LogP contribution in [0.3, 0.4) is 0 Å². The van der Waals surface area contributed by atoms with Crippen molar-refractivity contribution in [3.63, 3.8) is 0 Å². The molecule has 28 heavy (non-hydrogen) atoms. The van der Waals surface area contributed by atoms with Crippen LogP contribution < -0.4 is 5.32 Å². The zero-order valence-electron chi connectivity index (χ0n) is 14.8. The number of urea groups is 1. The summed E-state index contributed by atoms with van der Waals surface area (Å²) in [6, 6.07) is 14.1. The zero-order valence-corrected chi connectivity index (χ0v) is 15.5.